The van der Waals surface area contributed by atoms with Gasteiger partial charge in [0.1, 0.15) is 5.75 Å². The number of amides is 1. The van der Waals surface area contributed by atoms with Crippen molar-refractivity contribution in [3.63, 3.8) is 0 Å². The van der Waals surface area contributed by atoms with E-state index in [0.29, 0.717) is 24.1 Å². The van der Waals surface area contributed by atoms with Crippen LogP contribution in [-0.4, -0.2) is 49.1 Å². The molecule has 28 heavy (non-hydrogen) atoms. The van der Waals surface area contributed by atoms with Crippen molar-refractivity contribution in [2.24, 2.45) is 12.0 Å². The fourth-order valence-corrected chi connectivity index (χ4v) is 2.86. The van der Waals surface area contributed by atoms with Crippen LogP contribution in [0.15, 0.2) is 41.5 Å². The Kier molecular flexibility index (Phi) is 10.2. The first-order valence-electron chi connectivity index (χ1n) is 8.55. The van der Waals surface area contributed by atoms with Gasteiger partial charge in [-0.05, 0) is 23.8 Å². The SMILES string of the molecule is CN=C(NCC(=O)NCc1ccc(OC)cc1)N(C)Cc1cc(Cl)cn1C.I. The van der Waals surface area contributed by atoms with Crippen molar-refractivity contribution in [2.45, 2.75) is 13.1 Å². The van der Waals surface area contributed by atoms with Gasteiger partial charge in [-0.1, -0.05) is 23.7 Å². The van der Waals surface area contributed by atoms with Crippen molar-refractivity contribution in [3.8, 4) is 5.75 Å². The number of benzene rings is 1. The third-order valence-corrected chi connectivity index (χ3v) is 4.31. The van der Waals surface area contributed by atoms with Crippen LogP contribution in [0.3, 0.4) is 0 Å². The summed E-state index contributed by atoms with van der Waals surface area (Å²) in [5, 5.41) is 6.65. The number of carbonyl (C=O) groups is 1. The number of aromatic nitrogens is 1. The normalized spacial score (nSPS) is 10.8. The lowest BCUT2D eigenvalue weighted by Crippen LogP contribution is -2.43. The molecule has 2 rings (SSSR count). The van der Waals surface area contributed by atoms with Gasteiger partial charge in [0.15, 0.2) is 5.96 Å². The Morgan fingerprint density at radius 1 is 1.29 bits per heavy atom. The van der Waals surface area contributed by atoms with Crippen molar-refractivity contribution < 1.29 is 9.53 Å². The highest BCUT2D eigenvalue weighted by molar-refractivity contribution is 14.0. The predicted molar refractivity (Wildman–Crippen MR) is 124 cm³/mol. The molecule has 0 radical (unpaired) electrons. The van der Waals surface area contributed by atoms with E-state index in [0.717, 1.165) is 17.0 Å². The first kappa shape index (κ1) is 24.1. The van der Waals surface area contributed by atoms with Gasteiger partial charge in [-0.25, -0.2) is 0 Å². The third kappa shape index (κ3) is 7.23. The third-order valence-electron chi connectivity index (χ3n) is 4.10. The Morgan fingerprint density at radius 2 is 1.96 bits per heavy atom. The van der Waals surface area contributed by atoms with E-state index in [1.165, 1.54) is 0 Å². The smallest absolute Gasteiger partial charge is 0.239 e. The molecule has 0 unspecified atom stereocenters. The average molecular weight is 520 g/mol. The lowest BCUT2D eigenvalue weighted by molar-refractivity contribution is -0.120. The molecule has 0 saturated carbocycles. The van der Waals surface area contributed by atoms with Crippen LogP contribution >= 0.6 is 35.6 Å². The molecule has 0 fully saturated rings. The summed E-state index contributed by atoms with van der Waals surface area (Å²) in [6.45, 7) is 1.22. The molecular formula is C19H27ClIN5O2. The van der Waals surface area contributed by atoms with E-state index in [9.17, 15) is 4.79 Å². The highest BCUT2D eigenvalue weighted by Gasteiger charge is 2.11. The van der Waals surface area contributed by atoms with Crippen LogP contribution in [0.1, 0.15) is 11.3 Å². The van der Waals surface area contributed by atoms with Gasteiger partial charge in [0, 0.05) is 39.6 Å². The van der Waals surface area contributed by atoms with Crippen LogP contribution in [0.25, 0.3) is 0 Å². The summed E-state index contributed by atoms with van der Waals surface area (Å²) in [7, 11) is 7.16. The number of hydrogen-bond donors (Lipinski definition) is 2. The van der Waals surface area contributed by atoms with Gasteiger partial charge in [0.2, 0.25) is 5.91 Å². The monoisotopic (exact) mass is 519 g/mol. The maximum atomic E-state index is 12.1. The molecule has 9 heteroatoms. The fraction of sp³-hybridized carbons (Fsp3) is 0.368. The second kappa shape index (κ2) is 11.8. The van der Waals surface area contributed by atoms with E-state index >= 15 is 0 Å². The summed E-state index contributed by atoms with van der Waals surface area (Å²) < 4.78 is 7.09. The zero-order valence-corrected chi connectivity index (χ0v) is 19.6. The zero-order valence-electron chi connectivity index (χ0n) is 16.5. The quantitative estimate of drug-likeness (QED) is 0.335. The van der Waals surface area contributed by atoms with Crippen molar-refractivity contribution in [2.75, 3.05) is 27.7 Å². The molecule has 2 N–H and O–H groups in total. The molecule has 0 aliphatic rings. The van der Waals surface area contributed by atoms with E-state index in [-0.39, 0.29) is 36.4 Å². The van der Waals surface area contributed by atoms with Gasteiger partial charge in [-0.3, -0.25) is 9.79 Å². The predicted octanol–water partition coefficient (Wildman–Crippen LogP) is 2.63. The van der Waals surface area contributed by atoms with Crippen LogP contribution in [0.5, 0.6) is 5.75 Å². The molecule has 1 aromatic carbocycles. The van der Waals surface area contributed by atoms with Gasteiger partial charge >= 0.3 is 0 Å². The van der Waals surface area contributed by atoms with Gasteiger partial charge in [-0.2, -0.15) is 0 Å². The van der Waals surface area contributed by atoms with Gasteiger partial charge in [0.25, 0.3) is 0 Å². The number of nitrogens with zero attached hydrogens (tertiary/aromatic N) is 3. The van der Waals surface area contributed by atoms with Crippen LogP contribution in [0.2, 0.25) is 5.02 Å². The molecule has 0 saturated heterocycles. The van der Waals surface area contributed by atoms with Gasteiger partial charge in [-0.15, -0.1) is 24.0 Å². The van der Waals surface area contributed by atoms with Gasteiger partial charge < -0.3 is 24.8 Å². The Hall–Kier alpha value is -1.94. The molecule has 0 bridgehead atoms. The molecule has 0 spiro atoms. The van der Waals surface area contributed by atoms with E-state index in [2.05, 4.69) is 15.6 Å². The molecule has 0 atom stereocenters. The number of ether oxygens (including phenoxy) is 1. The number of aryl methyl sites for hydroxylation is 1. The largest absolute Gasteiger partial charge is 0.497 e. The Balaban J connectivity index is 0.00000392. The summed E-state index contributed by atoms with van der Waals surface area (Å²) in [4.78, 5) is 18.3. The van der Waals surface area contributed by atoms with Crippen molar-refractivity contribution in [1.82, 2.24) is 20.1 Å². The highest BCUT2D eigenvalue weighted by Crippen LogP contribution is 2.14. The topological polar surface area (TPSA) is 70.9 Å². The molecular weight excluding hydrogens is 493 g/mol. The van der Waals surface area contributed by atoms with Crippen LogP contribution < -0.4 is 15.4 Å². The summed E-state index contributed by atoms with van der Waals surface area (Å²) in [6, 6.07) is 9.49. The Morgan fingerprint density at radius 3 is 2.50 bits per heavy atom. The molecule has 0 aliphatic heterocycles. The maximum Gasteiger partial charge on any atom is 0.239 e. The number of hydrogen-bond acceptors (Lipinski definition) is 3. The van der Waals surface area contributed by atoms with Crippen LogP contribution in [-0.2, 0) is 24.9 Å². The number of carbonyl (C=O) groups excluding carboxylic acids is 1. The lowest BCUT2D eigenvalue weighted by Gasteiger charge is -2.22. The summed E-state index contributed by atoms with van der Waals surface area (Å²) in [5.74, 6) is 1.31. The van der Waals surface area contributed by atoms with Crippen LogP contribution in [0, 0.1) is 0 Å². The lowest BCUT2D eigenvalue weighted by atomic mass is 10.2. The summed E-state index contributed by atoms with van der Waals surface area (Å²) in [5.41, 5.74) is 2.06. The molecule has 0 aliphatic carbocycles. The number of nitrogens with one attached hydrogen (secondary N) is 2. The number of methoxy groups -OCH3 is 1. The number of guanidine groups is 1. The Bertz CT molecular complexity index is 792. The van der Waals surface area contributed by atoms with Crippen molar-refractivity contribution in [3.05, 3.63) is 52.8 Å². The first-order chi connectivity index (χ1) is 12.9. The standard InChI is InChI=1S/C19H26ClN5O2.HI/c1-21-19(25(3)13-16-9-15(20)12-24(16)2)23-11-18(26)22-10-14-5-7-17(27-4)8-6-14;/h5-9,12H,10-11,13H2,1-4H3,(H,21,23)(H,22,26);1H. The highest BCUT2D eigenvalue weighted by atomic mass is 127. The number of aliphatic imine (C=N–C) groups is 1. The second-order valence-electron chi connectivity index (χ2n) is 6.14. The first-order valence-corrected chi connectivity index (χ1v) is 8.93. The minimum absolute atomic E-state index is 0. The number of rotatable bonds is 7. The van der Waals surface area contributed by atoms with Gasteiger partial charge in [0.05, 0.1) is 25.2 Å². The number of halogens is 2. The summed E-state index contributed by atoms with van der Waals surface area (Å²) >= 11 is 6.02. The van der Waals surface area contributed by atoms with E-state index in [1.54, 1.807) is 14.2 Å². The van der Waals surface area contributed by atoms with E-state index in [4.69, 9.17) is 16.3 Å². The van der Waals surface area contributed by atoms with Crippen molar-refractivity contribution in [1.29, 1.82) is 0 Å². The zero-order chi connectivity index (χ0) is 19.8. The van der Waals surface area contributed by atoms with E-state index in [1.807, 2.05) is 60.1 Å². The summed E-state index contributed by atoms with van der Waals surface area (Å²) in [6.07, 6.45) is 1.85. The second-order valence-corrected chi connectivity index (χ2v) is 6.58. The molecule has 2 aromatic rings. The Labute approximate surface area is 188 Å². The molecule has 1 aromatic heterocycles. The molecule has 154 valence electrons. The molecule has 1 heterocycles. The minimum atomic E-state index is -0.109. The average Bonchev–Trinajstić information content (AvgIpc) is 2.97. The fourth-order valence-electron chi connectivity index (χ4n) is 2.59. The molecule has 7 nitrogen and oxygen atoms in total. The maximum absolute atomic E-state index is 12.1. The minimum Gasteiger partial charge on any atom is -0.497 e. The van der Waals surface area contributed by atoms with Crippen molar-refractivity contribution >= 4 is 47.4 Å². The molecule has 1 amide bonds. The van der Waals surface area contributed by atoms with Crippen LogP contribution in [0.4, 0.5) is 0 Å². The van der Waals surface area contributed by atoms with E-state index < -0.39 is 0 Å².